The lowest BCUT2D eigenvalue weighted by atomic mass is 10.3. The number of nitrogen functional groups attached to an aromatic ring is 1. The molecule has 0 fully saturated rings. The number of nitrogens with two attached hydrogens (primary N) is 1. The lowest BCUT2D eigenvalue weighted by Crippen LogP contribution is -2.17. The summed E-state index contributed by atoms with van der Waals surface area (Å²) in [4.78, 5) is -0.298. The van der Waals surface area contributed by atoms with Crippen LogP contribution in [0.4, 0.5) is 20.2 Å². The van der Waals surface area contributed by atoms with Gasteiger partial charge in [-0.05, 0) is 40.2 Å². The Bertz CT molecular complexity index is 770. The number of anilines is 2. The van der Waals surface area contributed by atoms with Gasteiger partial charge in [0.05, 0.1) is 5.69 Å². The molecule has 4 nitrogen and oxygen atoms in total. The van der Waals surface area contributed by atoms with Crippen molar-refractivity contribution in [2.24, 2.45) is 0 Å². The van der Waals surface area contributed by atoms with Gasteiger partial charge in [-0.2, -0.15) is 0 Å². The summed E-state index contributed by atoms with van der Waals surface area (Å²) in [6, 6.07) is 5.86. The van der Waals surface area contributed by atoms with Crippen LogP contribution in [0.3, 0.4) is 0 Å². The third-order valence-corrected chi connectivity index (χ3v) is 5.32. The van der Waals surface area contributed by atoms with E-state index in [1.807, 2.05) is 4.72 Å². The summed E-state index contributed by atoms with van der Waals surface area (Å²) in [6.45, 7) is 0. The zero-order valence-electron chi connectivity index (χ0n) is 10.2. The molecule has 0 aliphatic carbocycles. The van der Waals surface area contributed by atoms with Gasteiger partial charge in [0.25, 0.3) is 10.0 Å². The van der Waals surface area contributed by atoms with Gasteiger partial charge in [0.15, 0.2) is 0 Å². The molecule has 21 heavy (non-hydrogen) atoms. The van der Waals surface area contributed by atoms with Gasteiger partial charge < -0.3 is 5.73 Å². The van der Waals surface area contributed by atoms with Crippen LogP contribution in [0.15, 0.2) is 44.2 Å². The maximum absolute atomic E-state index is 13.5. The Labute approximate surface area is 136 Å². The number of hydrogen-bond donors (Lipinski definition) is 2. The van der Waals surface area contributed by atoms with Gasteiger partial charge in [-0.25, -0.2) is 17.2 Å². The molecule has 0 saturated carbocycles. The maximum Gasteiger partial charge on any atom is 0.265 e. The molecule has 0 unspecified atom stereocenters. The fourth-order valence-corrected chi connectivity index (χ4v) is 4.79. The third-order valence-electron chi connectivity index (χ3n) is 2.51. The standard InChI is InChI=1S/C12H8Br2F2N2O2S/c13-6-4-7(14)12(10(17)5-6)21(19,20)18-11-8(15)2-1-3-9(11)16/h1-5,18H,17H2. The highest BCUT2D eigenvalue weighted by Gasteiger charge is 2.24. The van der Waals surface area contributed by atoms with E-state index in [9.17, 15) is 17.2 Å². The van der Waals surface area contributed by atoms with E-state index < -0.39 is 27.3 Å². The zero-order chi connectivity index (χ0) is 15.8. The Balaban J connectivity index is 2.54. The summed E-state index contributed by atoms with van der Waals surface area (Å²) in [5, 5.41) is 0. The number of hydrogen-bond acceptors (Lipinski definition) is 3. The molecule has 0 atom stereocenters. The minimum absolute atomic E-state index is 0.0690. The topological polar surface area (TPSA) is 72.2 Å². The first-order valence-corrected chi connectivity index (χ1v) is 8.50. The van der Waals surface area contributed by atoms with Crippen molar-refractivity contribution in [2.75, 3.05) is 10.5 Å². The van der Waals surface area contributed by atoms with Crippen molar-refractivity contribution in [1.29, 1.82) is 0 Å². The number of rotatable bonds is 3. The normalized spacial score (nSPS) is 11.4. The van der Waals surface area contributed by atoms with Crippen molar-refractivity contribution < 1.29 is 17.2 Å². The minimum atomic E-state index is -4.26. The van der Waals surface area contributed by atoms with E-state index in [0.29, 0.717) is 4.47 Å². The molecule has 0 bridgehead atoms. The number of para-hydroxylation sites is 1. The third kappa shape index (κ3) is 3.35. The molecule has 2 aromatic carbocycles. The zero-order valence-corrected chi connectivity index (χ0v) is 14.2. The van der Waals surface area contributed by atoms with Crippen molar-refractivity contribution in [3.63, 3.8) is 0 Å². The molecular weight excluding hydrogens is 434 g/mol. The van der Waals surface area contributed by atoms with Crippen molar-refractivity contribution in [3.05, 3.63) is 50.9 Å². The molecule has 3 N–H and O–H groups in total. The predicted octanol–water partition coefficient (Wildman–Crippen LogP) is 3.87. The fraction of sp³-hybridized carbons (Fsp3) is 0. The van der Waals surface area contributed by atoms with E-state index in [4.69, 9.17) is 5.73 Å². The van der Waals surface area contributed by atoms with Crippen molar-refractivity contribution in [2.45, 2.75) is 4.90 Å². The van der Waals surface area contributed by atoms with E-state index in [0.717, 1.165) is 18.2 Å². The number of sulfonamides is 1. The summed E-state index contributed by atoms with van der Waals surface area (Å²) in [7, 11) is -4.26. The molecule has 0 heterocycles. The first kappa shape index (κ1) is 16.2. The van der Waals surface area contributed by atoms with Crippen LogP contribution < -0.4 is 10.5 Å². The van der Waals surface area contributed by atoms with Crippen molar-refractivity contribution >= 4 is 53.3 Å². The van der Waals surface area contributed by atoms with E-state index >= 15 is 0 Å². The Morgan fingerprint density at radius 2 is 1.67 bits per heavy atom. The first-order valence-electron chi connectivity index (χ1n) is 5.43. The van der Waals surface area contributed by atoms with Gasteiger partial charge in [0.1, 0.15) is 22.2 Å². The van der Waals surface area contributed by atoms with Crippen molar-refractivity contribution in [1.82, 2.24) is 0 Å². The van der Waals surface area contributed by atoms with E-state index in [-0.39, 0.29) is 15.1 Å². The van der Waals surface area contributed by atoms with Gasteiger partial charge in [-0.1, -0.05) is 22.0 Å². The lowest BCUT2D eigenvalue weighted by molar-refractivity contribution is 0.583. The molecule has 0 spiro atoms. The Kier molecular flexibility index (Phi) is 4.54. The molecule has 112 valence electrons. The summed E-state index contributed by atoms with van der Waals surface area (Å²) in [5.41, 5.74) is 4.84. The summed E-state index contributed by atoms with van der Waals surface area (Å²) in [6.07, 6.45) is 0. The molecule has 0 aliphatic heterocycles. The van der Waals surface area contributed by atoms with Gasteiger partial charge in [0.2, 0.25) is 0 Å². The van der Waals surface area contributed by atoms with E-state index in [1.165, 1.54) is 12.1 Å². The Morgan fingerprint density at radius 3 is 2.19 bits per heavy atom. The number of nitrogens with one attached hydrogen (secondary N) is 1. The van der Waals surface area contributed by atoms with Crippen LogP contribution >= 0.6 is 31.9 Å². The predicted molar refractivity (Wildman–Crippen MR) is 83.4 cm³/mol. The van der Waals surface area contributed by atoms with Crippen LogP contribution in [0.1, 0.15) is 0 Å². The summed E-state index contributed by atoms with van der Waals surface area (Å²) < 4.78 is 54.3. The second-order valence-electron chi connectivity index (χ2n) is 4.01. The first-order chi connectivity index (χ1) is 9.72. The quantitative estimate of drug-likeness (QED) is 0.710. The molecular formula is C12H8Br2F2N2O2S. The molecule has 0 aliphatic rings. The average Bonchev–Trinajstić information content (AvgIpc) is 2.32. The van der Waals surface area contributed by atoms with Crippen LogP contribution in [-0.2, 0) is 10.0 Å². The van der Waals surface area contributed by atoms with Crippen LogP contribution in [0.5, 0.6) is 0 Å². The largest absolute Gasteiger partial charge is 0.398 e. The second kappa shape index (κ2) is 5.90. The molecule has 2 rings (SSSR count). The minimum Gasteiger partial charge on any atom is -0.398 e. The van der Waals surface area contributed by atoms with E-state index in [2.05, 4.69) is 31.9 Å². The van der Waals surface area contributed by atoms with Gasteiger partial charge in [-0.3, -0.25) is 4.72 Å². The van der Waals surface area contributed by atoms with Gasteiger partial charge in [-0.15, -0.1) is 0 Å². The highest BCUT2D eigenvalue weighted by atomic mass is 79.9. The summed E-state index contributed by atoms with van der Waals surface area (Å²) in [5.74, 6) is -2.05. The SMILES string of the molecule is Nc1cc(Br)cc(Br)c1S(=O)(=O)Nc1c(F)cccc1F. The average molecular weight is 442 g/mol. The lowest BCUT2D eigenvalue weighted by Gasteiger charge is -2.13. The van der Waals surface area contributed by atoms with Crippen LogP contribution in [0.25, 0.3) is 0 Å². The van der Waals surface area contributed by atoms with Crippen LogP contribution in [0.2, 0.25) is 0 Å². The smallest absolute Gasteiger partial charge is 0.265 e. The Hall–Kier alpha value is -1.19. The maximum atomic E-state index is 13.5. The van der Waals surface area contributed by atoms with Crippen LogP contribution in [-0.4, -0.2) is 8.42 Å². The molecule has 0 radical (unpaired) electrons. The van der Waals surface area contributed by atoms with Gasteiger partial charge >= 0.3 is 0 Å². The monoisotopic (exact) mass is 440 g/mol. The number of halogens is 4. The van der Waals surface area contributed by atoms with E-state index in [1.54, 1.807) is 0 Å². The number of benzene rings is 2. The molecule has 2 aromatic rings. The molecule has 0 saturated heterocycles. The highest BCUT2D eigenvalue weighted by Crippen LogP contribution is 2.33. The highest BCUT2D eigenvalue weighted by molar-refractivity contribution is 9.11. The molecule has 0 amide bonds. The fourth-order valence-electron chi connectivity index (χ4n) is 1.64. The second-order valence-corrected chi connectivity index (χ2v) is 7.40. The molecule has 0 aromatic heterocycles. The Morgan fingerprint density at radius 1 is 1.10 bits per heavy atom. The summed E-state index contributed by atoms with van der Waals surface area (Å²) >= 11 is 6.23. The van der Waals surface area contributed by atoms with Crippen LogP contribution in [0, 0.1) is 11.6 Å². The van der Waals surface area contributed by atoms with Crippen molar-refractivity contribution in [3.8, 4) is 0 Å². The molecule has 9 heteroatoms. The van der Waals surface area contributed by atoms with Gasteiger partial charge in [0, 0.05) is 8.95 Å².